The minimum absolute atomic E-state index is 0.178. The van der Waals surface area contributed by atoms with E-state index in [9.17, 15) is 14.4 Å². The van der Waals surface area contributed by atoms with Gasteiger partial charge in [-0.1, -0.05) is 37.3 Å². The maximum Gasteiger partial charge on any atom is 0.323 e. The lowest BCUT2D eigenvalue weighted by Gasteiger charge is -2.21. The molecule has 0 radical (unpaired) electrons. The maximum absolute atomic E-state index is 12.2. The van der Waals surface area contributed by atoms with Crippen LogP contribution in [-0.2, 0) is 20.9 Å². The van der Waals surface area contributed by atoms with Crippen LogP contribution in [0.2, 0.25) is 0 Å². The van der Waals surface area contributed by atoms with Gasteiger partial charge in [0.05, 0.1) is 5.92 Å². The van der Waals surface area contributed by atoms with Crippen LogP contribution in [0.15, 0.2) is 30.3 Å². The van der Waals surface area contributed by atoms with Crippen LogP contribution in [0.1, 0.15) is 12.5 Å². The van der Waals surface area contributed by atoms with Crippen molar-refractivity contribution in [2.45, 2.75) is 13.5 Å². The number of carbonyl (C=O) groups excluding carboxylic acids is 2. The highest BCUT2D eigenvalue weighted by atomic mass is 16.4. The van der Waals surface area contributed by atoms with Crippen molar-refractivity contribution >= 4 is 17.8 Å². The summed E-state index contributed by atoms with van der Waals surface area (Å²) >= 11 is 0. The lowest BCUT2D eigenvalue weighted by atomic mass is 10.1. The molecule has 2 amide bonds. The summed E-state index contributed by atoms with van der Waals surface area (Å²) in [7, 11) is 0. The number of carboxylic acids is 1. The number of carboxylic acid groups (broad SMARTS) is 1. The second-order valence-electron chi connectivity index (χ2n) is 5.25. The SMILES string of the molecule is CC1CN(Cc2ccccc2)C(=O)CN(CC(=O)O)C1=O. The van der Waals surface area contributed by atoms with E-state index in [2.05, 4.69) is 0 Å². The van der Waals surface area contributed by atoms with E-state index in [-0.39, 0.29) is 18.4 Å². The first-order chi connectivity index (χ1) is 9.97. The smallest absolute Gasteiger partial charge is 0.323 e. The lowest BCUT2D eigenvalue weighted by molar-refractivity contribution is -0.146. The predicted octanol–water partition coefficient (Wildman–Crippen LogP) is 0.578. The molecule has 1 aliphatic heterocycles. The third kappa shape index (κ3) is 3.81. The van der Waals surface area contributed by atoms with Gasteiger partial charge < -0.3 is 14.9 Å². The number of hydrogen-bond acceptors (Lipinski definition) is 3. The van der Waals surface area contributed by atoms with Crippen molar-refractivity contribution in [3.63, 3.8) is 0 Å². The normalized spacial score (nSPS) is 19.6. The number of amides is 2. The summed E-state index contributed by atoms with van der Waals surface area (Å²) in [4.78, 5) is 37.9. The fraction of sp³-hybridized carbons (Fsp3) is 0.400. The van der Waals surface area contributed by atoms with E-state index in [1.165, 1.54) is 0 Å². The van der Waals surface area contributed by atoms with Crippen molar-refractivity contribution in [3.8, 4) is 0 Å². The number of aliphatic carboxylic acids is 1. The third-order valence-corrected chi connectivity index (χ3v) is 3.45. The average Bonchev–Trinajstić information content (AvgIpc) is 2.53. The second kappa shape index (κ2) is 6.39. The van der Waals surface area contributed by atoms with Crippen molar-refractivity contribution in [3.05, 3.63) is 35.9 Å². The zero-order chi connectivity index (χ0) is 15.4. The first-order valence-corrected chi connectivity index (χ1v) is 6.79. The van der Waals surface area contributed by atoms with Crippen LogP contribution in [0, 0.1) is 5.92 Å². The molecule has 1 saturated heterocycles. The van der Waals surface area contributed by atoms with Crippen molar-refractivity contribution in [2.24, 2.45) is 5.92 Å². The first-order valence-electron chi connectivity index (χ1n) is 6.79. The highest BCUT2D eigenvalue weighted by molar-refractivity contribution is 5.90. The number of rotatable bonds is 4. The van der Waals surface area contributed by atoms with Crippen LogP contribution in [0.25, 0.3) is 0 Å². The highest BCUT2D eigenvalue weighted by Gasteiger charge is 2.32. The minimum Gasteiger partial charge on any atom is -0.480 e. The molecule has 0 aliphatic carbocycles. The molecular weight excluding hydrogens is 272 g/mol. The molecule has 2 rings (SSSR count). The molecule has 21 heavy (non-hydrogen) atoms. The largest absolute Gasteiger partial charge is 0.480 e. The standard InChI is InChI=1S/C15H18N2O4/c1-11-7-16(8-12-5-3-2-4-6-12)13(18)9-17(15(11)21)10-14(19)20/h2-6,11H,7-10H2,1H3,(H,19,20). The second-order valence-corrected chi connectivity index (χ2v) is 5.25. The molecule has 1 aliphatic rings. The monoisotopic (exact) mass is 290 g/mol. The Labute approximate surface area is 123 Å². The van der Waals surface area contributed by atoms with Gasteiger partial charge in [0.15, 0.2) is 0 Å². The van der Waals surface area contributed by atoms with E-state index in [4.69, 9.17) is 5.11 Å². The Balaban J connectivity index is 2.13. The zero-order valence-corrected chi connectivity index (χ0v) is 11.9. The third-order valence-electron chi connectivity index (χ3n) is 3.45. The first kappa shape index (κ1) is 15.0. The van der Waals surface area contributed by atoms with Crippen LogP contribution in [0.3, 0.4) is 0 Å². The fourth-order valence-electron chi connectivity index (χ4n) is 2.42. The average molecular weight is 290 g/mol. The number of hydrogen-bond donors (Lipinski definition) is 1. The zero-order valence-electron chi connectivity index (χ0n) is 11.9. The molecule has 1 atom stereocenters. The Morgan fingerprint density at radius 1 is 1.24 bits per heavy atom. The Bertz CT molecular complexity index is 544. The van der Waals surface area contributed by atoms with Crippen LogP contribution in [0.5, 0.6) is 0 Å². The van der Waals surface area contributed by atoms with Gasteiger partial charge in [0, 0.05) is 13.1 Å². The van der Waals surface area contributed by atoms with Crippen LogP contribution >= 0.6 is 0 Å². The molecule has 1 unspecified atom stereocenters. The molecule has 6 heteroatoms. The molecular formula is C15H18N2O4. The van der Waals surface area contributed by atoms with E-state index < -0.39 is 18.4 Å². The Kier molecular flexibility index (Phi) is 4.57. The topological polar surface area (TPSA) is 77.9 Å². The van der Waals surface area contributed by atoms with Gasteiger partial charge in [-0.25, -0.2) is 0 Å². The molecule has 0 saturated carbocycles. The number of benzene rings is 1. The highest BCUT2D eigenvalue weighted by Crippen LogP contribution is 2.14. The Morgan fingerprint density at radius 2 is 1.90 bits per heavy atom. The quantitative estimate of drug-likeness (QED) is 0.880. The Hall–Kier alpha value is -2.37. The van der Waals surface area contributed by atoms with E-state index in [0.29, 0.717) is 13.1 Å². The van der Waals surface area contributed by atoms with Crippen molar-refractivity contribution in [1.82, 2.24) is 9.80 Å². The molecule has 1 aromatic carbocycles. The van der Waals surface area contributed by atoms with Gasteiger partial charge >= 0.3 is 5.97 Å². The van der Waals surface area contributed by atoms with Crippen molar-refractivity contribution in [2.75, 3.05) is 19.6 Å². The molecule has 0 aromatic heterocycles. The summed E-state index contributed by atoms with van der Waals surface area (Å²) in [6.07, 6.45) is 0. The summed E-state index contributed by atoms with van der Waals surface area (Å²) in [5.41, 5.74) is 0.984. The fourth-order valence-corrected chi connectivity index (χ4v) is 2.42. The van der Waals surface area contributed by atoms with Gasteiger partial charge in [-0.2, -0.15) is 0 Å². The minimum atomic E-state index is -1.11. The lowest BCUT2D eigenvalue weighted by Crippen LogP contribution is -2.40. The summed E-state index contributed by atoms with van der Waals surface area (Å²) in [5, 5.41) is 8.83. The Morgan fingerprint density at radius 3 is 2.52 bits per heavy atom. The summed E-state index contributed by atoms with van der Waals surface area (Å²) in [6.45, 7) is 1.84. The molecule has 1 fully saturated rings. The van der Waals surface area contributed by atoms with Crippen LogP contribution in [0.4, 0.5) is 0 Å². The van der Waals surface area contributed by atoms with Gasteiger partial charge in [-0.15, -0.1) is 0 Å². The van der Waals surface area contributed by atoms with E-state index >= 15 is 0 Å². The molecule has 1 N–H and O–H groups in total. The van der Waals surface area contributed by atoms with Gasteiger partial charge in [-0.05, 0) is 5.56 Å². The summed E-state index contributed by atoms with van der Waals surface area (Å²) in [6, 6.07) is 9.51. The predicted molar refractivity (Wildman–Crippen MR) is 75.2 cm³/mol. The van der Waals surface area contributed by atoms with Gasteiger partial charge in [0.25, 0.3) is 0 Å². The molecule has 6 nitrogen and oxygen atoms in total. The number of nitrogens with zero attached hydrogens (tertiary/aromatic N) is 2. The van der Waals surface area contributed by atoms with E-state index in [0.717, 1.165) is 10.5 Å². The molecule has 1 heterocycles. The van der Waals surface area contributed by atoms with Gasteiger partial charge in [0.1, 0.15) is 13.1 Å². The van der Waals surface area contributed by atoms with Gasteiger partial charge in [0.2, 0.25) is 11.8 Å². The molecule has 0 spiro atoms. The van der Waals surface area contributed by atoms with Crippen molar-refractivity contribution in [1.29, 1.82) is 0 Å². The molecule has 1 aromatic rings. The number of carbonyl (C=O) groups is 3. The van der Waals surface area contributed by atoms with Crippen molar-refractivity contribution < 1.29 is 19.5 Å². The van der Waals surface area contributed by atoms with E-state index in [1.54, 1.807) is 11.8 Å². The maximum atomic E-state index is 12.2. The molecule has 0 bridgehead atoms. The van der Waals surface area contributed by atoms with Crippen LogP contribution in [-0.4, -0.2) is 52.3 Å². The summed E-state index contributed by atoms with van der Waals surface area (Å²) in [5.74, 6) is -2.03. The van der Waals surface area contributed by atoms with Crippen LogP contribution < -0.4 is 0 Å². The van der Waals surface area contributed by atoms with Gasteiger partial charge in [-0.3, -0.25) is 14.4 Å². The molecule has 112 valence electrons. The summed E-state index contributed by atoms with van der Waals surface area (Å²) < 4.78 is 0. The van der Waals surface area contributed by atoms with E-state index in [1.807, 2.05) is 30.3 Å².